The average molecular weight is 268 g/mol. The fraction of sp³-hybridized carbons (Fsp3) is 0.938. The van der Waals surface area contributed by atoms with E-state index in [1.165, 1.54) is 19.3 Å². The molecule has 0 aliphatic heterocycles. The molecule has 3 nitrogen and oxygen atoms in total. The van der Waals surface area contributed by atoms with Crippen molar-refractivity contribution in [3.63, 3.8) is 0 Å². The second-order valence-corrected chi connectivity index (χ2v) is 6.58. The number of nitrogens with two attached hydrogens (primary N) is 1. The van der Waals surface area contributed by atoms with Crippen molar-refractivity contribution in [3.05, 3.63) is 0 Å². The lowest BCUT2D eigenvalue weighted by atomic mass is 9.68. The lowest BCUT2D eigenvalue weighted by Crippen LogP contribution is -2.49. The van der Waals surface area contributed by atoms with E-state index in [0.29, 0.717) is 25.0 Å². The third-order valence-corrected chi connectivity index (χ3v) is 4.84. The molecule has 2 N–H and O–H groups in total. The molecular formula is C16H32N2O. The van der Waals surface area contributed by atoms with Crippen LogP contribution in [0.5, 0.6) is 0 Å². The van der Waals surface area contributed by atoms with E-state index in [9.17, 15) is 4.79 Å². The Balaban J connectivity index is 2.85. The van der Waals surface area contributed by atoms with E-state index in [1.54, 1.807) is 0 Å². The van der Waals surface area contributed by atoms with Crippen molar-refractivity contribution in [1.29, 1.82) is 0 Å². The summed E-state index contributed by atoms with van der Waals surface area (Å²) in [5, 5.41) is 0. The van der Waals surface area contributed by atoms with Crippen molar-refractivity contribution in [2.45, 2.75) is 72.3 Å². The zero-order valence-electron chi connectivity index (χ0n) is 13.2. The van der Waals surface area contributed by atoms with Gasteiger partial charge in [-0.25, -0.2) is 0 Å². The molecule has 0 spiro atoms. The molecule has 1 unspecified atom stereocenters. The second-order valence-electron chi connectivity index (χ2n) is 6.58. The summed E-state index contributed by atoms with van der Waals surface area (Å²) in [6.45, 7) is 10.1. The summed E-state index contributed by atoms with van der Waals surface area (Å²) >= 11 is 0. The molecule has 1 aliphatic rings. The van der Waals surface area contributed by atoms with Gasteiger partial charge in [0.1, 0.15) is 0 Å². The smallest absolute Gasteiger partial charge is 0.226 e. The van der Waals surface area contributed by atoms with Crippen LogP contribution in [0.3, 0.4) is 0 Å². The van der Waals surface area contributed by atoms with Gasteiger partial charge < -0.3 is 10.6 Å². The van der Waals surface area contributed by atoms with Crippen molar-refractivity contribution in [3.8, 4) is 0 Å². The summed E-state index contributed by atoms with van der Waals surface area (Å²) in [7, 11) is 0. The standard InChI is InChI=1S/C16H32N2O/c1-5-13(6-2)18(12-11-17)15(19)14-9-7-8-10-16(14,3)4/h13-14H,5-12,17H2,1-4H3. The van der Waals surface area contributed by atoms with Crippen molar-refractivity contribution in [1.82, 2.24) is 4.90 Å². The lowest BCUT2D eigenvalue weighted by molar-refractivity contribution is -0.143. The van der Waals surface area contributed by atoms with E-state index in [0.717, 1.165) is 19.3 Å². The van der Waals surface area contributed by atoms with Gasteiger partial charge in [0.05, 0.1) is 0 Å². The Hall–Kier alpha value is -0.570. The molecule has 0 saturated heterocycles. The largest absolute Gasteiger partial charge is 0.338 e. The van der Waals surface area contributed by atoms with Crippen LogP contribution in [-0.2, 0) is 4.79 Å². The topological polar surface area (TPSA) is 46.3 Å². The Kier molecular flexibility index (Phi) is 6.31. The van der Waals surface area contributed by atoms with E-state index < -0.39 is 0 Å². The number of carbonyl (C=O) groups excluding carboxylic acids is 1. The number of hydrogen-bond acceptors (Lipinski definition) is 2. The molecule has 0 bridgehead atoms. The minimum Gasteiger partial charge on any atom is -0.338 e. The fourth-order valence-electron chi connectivity index (χ4n) is 3.49. The molecule has 0 aromatic heterocycles. The van der Waals surface area contributed by atoms with E-state index in [4.69, 9.17) is 5.73 Å². The van der Waals surface area contributed by atoms with Gasteiger partial charge in [-0.05, 0) is 31.1 Å². The maximum Gasteiger partial charge on any atom is 0.226 e. The third kappa shape index (κ3) is 3.95. The van der Waals surface area contributed by atoms with Crippen LogP contribution in [0.2, 0.25) is 0 Å². The van der Waals surface area contributed by atoms with Gasteiger partial charge in [-0.2, -0.15) is 0 Å². The molecule has 1 fully saturated rings. The van der Waals surface area contributed by atoms with Gasteiger partial charge in [-0.1, -0.05) is 40.5 Å². The Morgan fingerprint density at radius 2 is 1.95 bits per heavy atom. The van der Waals surface area contributed by atoms with Gasteiger partial charge in [0.25, 0.3) is 0 Å². The van der Waals surface area contributed by atoms with Crippen LogP contribution >= 0.6 is 0 Å². The Bertz CT molecular complexity index is 284. The van der Waals surface area contributed by atoms with Gasteiger partial charge in [-0.3, -0.25) is 4.79 Å². The summed E-state index contributed by atoms with van der Waals surface area (Å²) in [5.41, 5.74) is 5.86. The maximum absolute atomic E-state index is 12.9. The molecule has 0 aromatic rings. The number of amides is 1. The number of rotatable bonds is 6. The van der Waals surface area contributed by atoms with E-state index in [-0.39, 0.29) is 11.3 Å². The summed E-state index contributed by atoms with van der Waals surface area (Å²) in [5.74, 6) is 0.539. The molecule has 1 aliphatic carbocycles. The van der Waals surface area contributed by atoms with Gasteiger partial charge in [-0.15, -0.1) is 0 Å². The zero-order chi connectivity index (χ0) is 14.5. The Morgan fingerprint density at radius 1 is 1.32 bits per heavy atom. The molecule has 1 atom stereocenters. The predicted octanol–water partition coefficient (Wildman–Crippen LogP) is 3.18. The second kappa shape index (κ2) is 7.28. The van der Waals surface area contributed by atoms with Crippen LogP contribution in [0.15, 0.2) is 0 Å². The first kappa shape index (κ1) is 16.5. The Labute approximate surface area is 118 Å². The highest BCUT2D eigenvalue weighted by molar-refractivity contribution is 5.80. The fourth-order valence-corrected chi connectivity index (χ4v) is 3.49. The highest BCUT2D eigenvalue weighted by Gasteiger charge is 2.40. The van der Waals surface area contributed by atoms with Crippen LogP contribution in [0, 0.1) is 11.3 Å². The first-order valence-corrected chi connectivity index (χ1v) is 7.98. The first-order valence-electron chi connectivity index (χ1n) is 7.98. The van der Waals surface area contributed by atoms with Gasteiger partial charge in [0, 0.05) is 25.0 Å². The molecule has 1 saturated carbocycles. The van der Waals surface area contributed by atoms with Gasteiger partial charge >= 0.3 is 0 Å². The molecular weight excluding hydrogens is 236 g/mol. The number of carbonyl (C=O) groups is 1. The van der Waals surface area contributed by atoms with Crippen molar-refractivity contribution >= 4 is 5.91 Å². The SMILES string of the molecule is CCC(CC)N(CCN)C(=O)C1CCCCC1(C)C. The highest BCUT2D eigenvalue weighted by atomic mass is 16.2. The van der Waals surface area contributed by atoms with Crippen molar-refractivity contribution in [2.24, 2.45) is 17.1 Å². The van der Waals surface area contributed by atoms with Crippen LogP contribution < -0.4 is 5.73 Å². The van der Waals surface area contributed by atoms with Crippen LogP contribution in [0.25, 0.3) is 0 Å². The number of nitrogens with zero attached hydrogens (tertiary/aromatic N) is 1. The van der Waals surface area contributed by atoms with Gasteiger partial charge in [0.15, 0.2) is 0 Å². The van der Waals surface area contributed by atoms with Crippen LogP contribution in [-0.4, -0.2) is 29.9 Å². The quantitative estimate of drug-likeness (QED) is 0.804. The average Bonchev–Trinajstić information content (AvgIpc) is 2.38. The van der Waals surface area contributed by atoms with E-state index >= 15 is 0 Å². The molecule has 1 amide bonds. The molecule has 3 heteroatoms. The third-order valence-electron chi connectivity index (χ3n) is 4.84. The molecule has 1 rings (SSSR count). The summed E-state index contributed by atoms with van der Waals surface area (Å²) in [4.78, 5) is 15.0. The predicted molar refractivity (Wildman–Crippen MR) is 80.9 cm³/mol. The van der Waals surface area contributed by atoms with Crippen molar-refractivity contribution in [2.75, 3.05) is 13.1 Å². The molecule has 0 heterocycles. The zero-order valence-corrected chi connectivity index (χ0v) is 13.2. The Morgan fingerprint density at radius 3 is 2.42 bits per heavy atom. The highest BCUT2D eigenvalue weighted by Crippen LogP contribution is 2.41. The van der Waals surface area contributed by atoms with Gasteiger partial charge in [0.2, 0.25) is 5.91 Å². The first-order chi connectivity index (χ1) is 8.97. The lowest BCUT2D eigenvalue weighted by Gasteiger charge is -2.42. The summed E-state index contributed by atoms with van der Waals surface area (Å²) in [6, 6.07) is 0.355. The minimum atomic E-state index is 0.147. The molecule has 19 heavy (non-hydrogen) atoms. The molecule has 0 radical (unpaired) electrons. The number of hydrogen-bond donors (Lipinski definition) is 1. The summed E-state index contributed by atoms with van der Waals surface area (Å²) in [6.07, 6.45) is 6.72. The molecule has 0 aromatic carbocycles. The maximum atomic E-state index is 12.9. The minimum absolute atomic E-state index is 0.147. The van der Waals surface area contributed by atoms with Crippen LogP contribution in [0.1, 0.15) is 66.2 Å². The van der Waals surface area contributed by atoms with E-state index in [2.05, 4.69) is 32.6 Å². The van der Waals surface area contributed by atoms with Crippen LogP contribution in [0.4, 0.5) is 0 Å². The normalized spacial score (nSPS) is 22.5. The monoisotopic (exact) mass is 268 g/mol. The van der Waals surface area contributed by atoms with Crippen molar-refractivity contribution < 1.29 is 4.79 Å². The van der Waals surface area contributed by atoms with E-state index in [1.807, 2.05) is 0 Å². The summed E-state index contributed by atoms with van der Waals surface area (Å²) < 4.78 is 0. The molecule has 112 valence electrons.